The number of hydrogen-bond donors (Lipinski definition) is 0. The third-order valence-electron chi connectivity index (χ3n) is 2.46. The molecular formula is C15H10F2N2O. The van der Waals surface area contributed by atoms with E-state index in [-0.39, 0.29) is 5.75 Å². The lowest BCUT2D eigenvalue weighted by Crippen LogP contribution is -2.01. The van der Waals surface area contributed by atoms with Crippen LogP contribution >= 0.6 is 0 Å². The molecule has 0 aliphatic carbocycles. The van der Waals surface area contributed by atoms with Gasteiger partial charge in [-0.15, -0.1) is 0 Å². The van der Waals surface area contributed by atoms with E-state index in [0.29, 0.717) is 16.8 Å². The van der Waals surface area contributed by atoms with Crippen LogP contribution in [0.25, 0.3) is 11.6 Å². The van der Waals surface area contributed by atoms with Crippen molar-refractivity contribution < 1.29 is 13.5 Å². The van der Waals surface area contributed by atoms with Crippen LogP contribution in [0.3, 0.4) is 0 Å². The molecule has 0 fully saturated rings. The minimum absolute atomic E-state index is 0.0482. The number of benzene rings is 1. The van der Waals surface area contributed by atoms with Gasteiger partial charge in [-0.25, -0.2) is 0 Å². The molecule has 100 valence electrons. The highest BCUT2D eigenvalue weighted by Gasteiger charge is 2.05. The first-order valence-corrected chi connectivity index (χ1v) is 5.77. The van der Waals surface area contributed by atoms with Gasteiger partial charge in [-0.3, -0.25) is 4.98 Å². The van der Waals surface area contributed by atoms with Crippen LogP contribution in [-0.2, 0) is 0 Å². The summed E-state index contributed by atoms with van der Waals surface area (Å²) in [7, 11) is 0. The van der Waals surface area contributed by atoms with Crippen molar-refractivity contribution in [1.29, 1.82) is 5.26 Å². The molecule has 0 saturated heterocycles. The zero-order valence-corrected chi connectivity index (χ0v) is 10.3. The molecule has 0 aliphatic heterocycles. The molecule has 0 radical (unpaired) electrons. The van der Waals surface area contributed by atoms with Crippen LogP contribution in [0.5, 0.6) is 5.75 Å². The molecule has 1 aromatic heterocycles. The minimum Gasteiger partial charge on any atom is -0.435 e. The van der Waals surface area contributed by atoms with Gasteiger partial charge in [-0.2, -0.15) is 14.0 Å². The lowest BCUT2D eigenvalue weighted by Gasteiger charge is -2.05. The Kier molecular flexibility index (Phi) is 4.40. The number of alkyl halides is 2. The number of pyridine rings is 1. The number of rotatable bonds is 4. The van der Waals surface area contributed by atoms with Gasteiger partial charge >= 0.3 is 6.61 Å². The van der Waals surface area contributed by atoms with Gasteiger partial charge in [-0.1, -0.05) is 18.2 Å². The van der Waals surface area contributed by atoms with Gasteiger partial charge in [0.25, 0.3) is 0 Å². The van der Waals surface area contributed by atoms with E-state index in [1.807, 2.05) is 6.07 Å². The number of halogens is 2. The van der Waals surface area contributed by atoms with E-state index in [1.54, 1.807) is 42.6 Å². The lowest BCUT2D eigenvalue weighted by molar-refractivity contribution is -0.0498. The molecule has 1 heterocycles. The first-order chi connectivity index (χ1) is 9.69. The van der Waals surface area contributed by atoms with Gasteiger partial charge in [0, 0.05) is 6.20 Å². The molecule has 0 spiro atoms. The molecule has 2 rings (SSSR count). The summed E-state index contributed by atoms with van der Waals surface area (Å²) in [5.41, 5.74) is 1.46. The first-order valence-electron chi connectivity index (χ1n) is 5.77. The summed E-state index contributed by atoms with van der Waals surface area (Å²) < 4.78 is 28.6. The zero-order chi connectivity index (χ0) is 14.4. The molecule has 0 unspecified atom stereocenters. The van der Waals surface area contributed by atoms with Crippen molar-refractivity contribution in [2.24, 2.45) is 0 Å². The molecule has 5 heteroatoms. The van der Waals surface area contributed by atoms with Crippen LogP contribution in [0.15, 0.2) is 48.7 Å². The quantitative estimate of drug-likeness (QED) is 0.796. The Hall–Kier alpha value is -2.74. The SMILES string of the molecule is N#C/C(=C\c1cccc(OC(F)F)c1)c1ccccn1. The maximum atomic E-state index is 12.1. The van der Waals surface area contributed by atoms with Crippen LogP contribution in [0.1, 0.15) is 11.3 Å². The van der Waals surface area contributed by atoms with E-state index in [1.165, 1.54) is 12.1 Å². The summed E-state index contributed by atoms with van der Waals surface area (Å²) in [4.78, 5) is 4.07. The van der Waals surface area contributed by atoms with Gasteiger partial charge in [0.15, 0.2) is 0 Å². The Morgan fingerprint density at radius 1 is 1.25 bits per heavy atom. The molecule has 0 N–H and O–H groups in total. The maximum absolute atomic E-state index is 12.1. The molecule has 0 aliphatic rings. The van der Waals surface area contributed by atoms with Gasteiger partial charge < -0.3 is 4.74 Å². The third-order valence-corrected chi connectivity index (χ3v) is 2.46. The lowest BCUT2D eigenvalue weighted by atomic mass is 10.1. The summed E-state index contributed by atoms with van der Waals surface area (Å²) in [6, 6.07) is 13.4. The molecule has 0 amide bonds. The van der Waals surface area contributed by atoms with Crippen molar-refractivity contribution in [3.8, 4) is 11.8 Å². The molecule has 3 nitrogen and oxygen atoms in total. The van der Waals surface area contributed by atoms with Gasteiger partial charge in [0.05, 0.1) is 11.3 Å². The van der Waals surface area contributed by atoms with Gasteiger partial charge in [0.1, 0.15) is 11.8 Å². The number of aromatic nitrogens is 1. The van der Waals surface area contributed by atoms with Crippen LogP contribution < -0.4 is 4.74 Å². The normalized spacial score (nSPS) is 11.2. The van der Waals surface area contributed by atoms with E-state index < -0.39 is 6.61 Å². The van der Waals surface area contributed by atoms with Crippen molar-refractivity contribution in [3.63, 3.8) is 0 Å². The minimum atomic E-state index is -2.87. The van der Waals surface area contributed by atoms with E-state index >= 15 is 0 Å². The second-order valence-corrected chi connectivity index (χ2v) is 3.84. The van der Waals surface area contributed by atoms with Crippen molar-refractivity contribution in [1.82, 2.24) is 4.98 Å². The molecule has 0 atom stereocenters. The summed E-state index contributed by atoms with van der Waals surface area (Å²) in [6.07, 6.45) is 3.15. The standard InChI is InChI=1S/C15H10F2N2O/c16-15(17)20-13-5-3-4-11(9-13)8-12(10-18)14-6-1-2-7-19-14/h1-9,15H/b12-8+. The van der Waals surface area contributed by atoms with Gasteiger partial charge in [0.2, 0.25) is 0 Å². The Bertz CT molecular complexity index is 648. The van der Waals surface area contributed by atoms with E-state index in [0.717, 1.165) is 0 Å². The monoisotopic (exact) mass is 272 g/mol. The average molecular weight is 272 g/mol. The van der Waals surface area contributed by atoms with Crippen LogP contribution in [0, 0.1) is 11.3 Å². The van der Waals surface area contributed by atoms with E-state index in [9.17, 15) is 8.78 Å². The Balaban J connectivity index is 2.31. The first kappa shape index (κ1) is 13.7. The number of nitrogens with zero attached hydrogens (tertiary/aromatic N) is 2. The van der Waals surface area contributed by atoms with E-state index in [2.05, 4.69) is 9.72 Å². The molecule has 20 heavy (non-hydrogen) atoms. The molecule has 0 bridgehead atoms. The average Bonchev–Trinajstić information content (AvgIpc) is 2.45. The topological polar surface area (TPSA) is 45.9 Å². The van der Waals surface area contributed by atoms with Crippen molar-refractivity contribution >= 4 is 11.6 Å². The van der Waals surface area contributed by atoms with Crippen LogP contribution in [-0.4, -0.2) is 11.6 Å². The van der Waals surface area contributed by atoms with Crippen molar-refractivity contribution in [2.75, 3.05) is 0 Å². The highest BCUT2D eigenvalue weighted by Crippen LogP contribution is 2.20. The summed E-state index contributed by atoms with van der Waals surface area (Å²) >= 11 is 0. The van der Waals surface area contributed by atoms with Crippen LogP contribution in [0.4, 0.5) is 8.78 Å². The number of hydrogen-bond acceptors (Lipinski definition) is 3. The molecular weight excluding hydrogens is 262 g/mol. The fraction of sp³-hybridized carbons (Fsp3) is 0.0667. The third kappa shape index (κ3) is 3.62. The summed E-state index contributed by atoms with van der Waals surface area (Å²) in [5, 5.41) is 9.15. The second-order valence-electron chi connectivity index (χ2n) is 3.84. The number of nitriles is 1. The predicted molar refractivity (Wildman–Crippen MR) is 70.8 cm³/mol. The Morgan fingerprint density at radius 2 is 2.10 bits per heavy atom. The smallest absolute Gasteiger partial charge is 0.387 e. The highest BCUT2D eigenvalue weighted by atomic mass is 19.3. The number of ether oxygens (including phenoxy) is 1. The van der Waals surface area contributed by atoms with Gasteiger partial charge in [-0.05, 0) is 35.9 Å². The summed E-state index contributed by atoms with van der Waals surface area (Å²) in [6.45, 7) is -2.87. The fourth-order valence-electron chi connectivity index (χ4n) is 1.63. The van der Waals surface area contributed by atoms with E-state index in [4.69, 9.17) is 5.26 Å². The zero-order valence-electron chi connectivity index (χ0n) is 10.3. The van der Waals surface area contributed by atoms with Crippen LogP contribution in [0.2, 0.25) is 0 Å². The summed E-state index contributed by atoms with van der Waals surface area (Å²) in [5.74, 6) is 0.0482. The Morgan fingerprint density at radius 3 is 2.75 bits per heavy atom. The maximum Gasteiger partial charge on any atom is 0.387 e. The molecule has 0 saturated carbocycles. The molecule has 1 aromatic carbocycles. The fourth-order valence-corrected chi connectivity index (χ4v) is 1.63. The Labute approximate surface area is 114 Å². The highest BCUT2D eigenvalue weighted by molar-refractivity contribution is 5.88. The second kappa shape index (κ2) is 6.43. The largest absolute Gasteiger partial charge is 0.435 e. The molecule has 2 aromatic rings. The predicted octanol–water partition coefficient (Wildman–Crippen LogP) is 3.75. The number of allylic oxidation sites excluding steroid dienone is 1. The van der Waals surface area contributed by atoms with Crippen molar-refractivity contribution in [2.45, 2.75) is 6.61 Å². The van der Waals surface area contributed by atoms with Crippen molar-refractivity contribution in [3.05, 3.63) is 59.9 Å².